The lowest BCUT2D eigenvalue weighted by atomic mass is 9.92. The van der Waals surface area contributed by atoms with Gasteiger partial charge in [0.2, 0.25) is 53.2 Å². The number of carbonyl (C=O) groups is 10. The van der Waals surface area contributed by atoms with Crippen LogP contribution in [0.15, 0.2) is 0 Å². The zero-order valence-electron chi connectivity index (χ0n) is 49.0. The van der Waals surface area contributed by atoms with Gasteiger partial charge in [-0.1, -0.05) is 74.1 Å². The lowest BCUT2D eigenvalue weighted by molar-refractivity contribution is -0.141. The standard InChI is InChI=1S/C54H99N11O12/c1-16-18-19-20-22-38(55)48(74)65-25-21-23-40(65)45(71)59-39(28-33(7)27-37(68)29-36(67)17-2)44(70)58-35(9)43(69)62-52(10,11)50(76)61-41(31(3)4)46(72)60-42(32(5)6)47(73)63-54(14,15)51(77)64-53(12,13)49(75)57-34(8)30-56-24-26-66/h31-35,37-42,56,66,68H,16-30,55H2,1-15H3,(H,57,75)(H,58,70)(H,59,71)(H,60,72)(H,61,76)(H,62,69)(H,63,73)(H,64,77)/t33?,34?,35-,37?,38-,39-,40-,41-,42-/m0/s1. The molecule has 0 aromatic carbocycles. The fourth-order valence-electron chi connectivity index (χ4n) is 8.66. The molecule has 77 heavy (non-hydrogen) atoms. The minimum atomic E-state index is -1.68. The molecule has 3 unspecified atom stereocenters. The summed E-state index contributed by atoms with van der Waals surface area (Å²) in [4.78, 5) is 137. The predicted octanol–water partition coefficient (Wildman–Crippen LogP) is 0.464. The third-order valence-electron chi connectivity index (χ3n) is 13.7. The van der Waals surface area contributed by atoms with Gasteiger partial charge in [0.25, 0.3) is 0 Å². The second-order valence-corrected chi connectivity index (χ2v) is 23.3. The quantitative estimate of drug-likeness (QED) is 0.0384. The van der Waals surface area contributed by atoms with Crippen molar-refractivity contribution >= 4 is 58.9 Å². The Morgan fingerprint density at radius 2 is 1.21 bits per heavy atom. The summed E-state index contributed by atoms with van der Waals surface area (Å²) in [5.74, 6) is -7.41. The van der Waals surface area contributed by atoms with Crippen molar-refractivity contribution in [2.24, 2.45) is 23.5 Å². The second kappa shape index (κ2) is 32.6. The van der Waals surface area contributed by atoms with Gasteiger partial charge in [0, 0.05) is 38.5 Å². The van der Waals surface area contributed by atoms with Gasteiger partial charge in [-0.25, -0.2) is 0 Å². The summed E-state index contributed by atoms with van der Waals surface area (Å²) in [6.45, 7) is 25.1. The summed E-state index contributed by atoms with van der Waals surface area (Å²) in [5.41, 5.74) is 1.64. The molecule has 0 spiro atoms. The Bertz CT molecular complexity index is 2000. The van der Waals surface area contributed by atoms with Crippen LogP contribution in [0.1, 0.15) is 174 Å². The summed E-state index contributed by atoms with van der Waals surface area (Å²) in [6, 6.07) is -6.93. The summed E-state index contributed by atoms with van der Waals surface area (Å²) in [6.07, 6.45) is 4.44. The molecule has 9 atom stereocenters. The molecular formula is C54H99N11O12. The van der Waals surface area contributed by atoms with Crippen molar-refractivity contribution in [3.63, 3.8) is 0 Å². The molecule has 1 rings (SSSR count). The van der Waals surface area contributed by atoms with Crippen LogP contribution in [-0.2, 0) is 47.9 Å². The first-order chi connectivity index (χ1) is 35.6. The molecule has 0 aromatic rings. The van der Waals surface area contributed by atoms with Crippen molar-refractivity contribution in [2.75, 3.05) is 26.2 Å². The molecule has 9 amide bonds. The largest absolute Gasteiger partial charge is 0.395 e. The van der Waals surface area contributed by atoms with E-state index in [4.69, 9.17) is 10.8 Å². The number of ketones is 1. The summed E-state index contributed by atoms with van der Waals surface area (Å²) < 4.78 is 0. The maximum absolute atomic E-state index is 14.1. The van der Waals surface area contributed by atoms with E-state index in [1.807, 2.05) is 0 Å². The Balaban J connectivity index is 3.19. The van der Waals surface area contributed by atoms with Crippen LogP contribution in [0.4, 0.5) is 0 Å². The van der Waals surface area contributed by atoms with Gasteiger partial charge in [-0.2, -0.15) is 0 Å². The molecule has 23 nitrogen and oxygen atoms in total. The van der Waals surface area contributed by atoms with Gasteiger partial charge in [0.1, 0.15) is 52.6 Å². The van der Waals surface area contributed by atoms with Gasteiger partial charge in [0.05, 0.1) is 18.8 Å². The average molecular weight is 1090 g/mol. The number of amides is 9. The van der Waals surface area contributed by atoms with Crippen molar-refractivity contribution in [3.8, 4) is 0 Å². The molecule has 0 radical (unpaired) electrons. The van der Waals surface area contributed by atoms with Crippen molar-refractivity contribution < 1.29 is 58.2 Å². The monoisotopic (exact) mass is 1090 g/mol. The zero-order valence-corrected chi connectivity index (χ0v) is 49.0. The van der Waals surface area contributed by atoms with Crippen molar-refractivity contribution in [1.82, 2.24) is 52.8 Å². The second-order valence-electron chi connectivity index (χ2n) is 23.3. The lowest BCUT2D eigenvalue weighted by Gasteiger charge is -2.34. The summed E-state index contributed by atoms with van der Waals surface area (Å²) in [7, 11) is 0. The van der Waals surface area contributed by atoms with Gasteiger partial charge < -0.3 is 68.7 Å². The number of likely N-dealkylation sites (tertiary alicyclic amines) is 1. The van der Waals surface area contributed by atoms with E-state index in [1.165, 1.54) is 53.4 Å². The average Bonchev–Trinajstić information content (AvgIpc) is 3.82. The topological polar surface area (TPSA) is 349 Å². The van der Waals surface area contributed by atoms with Gasteiger partial charge in [-0.15, -0.1) is 0 Å². The molecule has 1 aliphatic heterocycles. The van der Waals surface area contributed by atoms with E-state index in [0.717, 1.165) is 25.7 Å². The van der Waals surface area contributed by atoms with Gasteiger partial charge in [-0.3, -0.25) is 47.9 Å². The van der Waals surface area contributed by atoms with Crippen LogP contribution in [0, 0.1) is 17.8 Å². The molecule has 0 saturated carbocycles. The van der Waals surface area contributed by atoms with Crippen LogP contribution >= 0.6 is 0 Å². The number of rotatable bonds is 35. The number of nitrogens with two attached hydrogens (primary N) is 1. The Kier molecular flexibility index (Phi) is 29.5. The first kappa shape index (κ1) is 69.8. The number of carbonyl (C=O) groups excluding carboxylic acids is 10. The SMILES string of the molecule is CCCCCC[C@H](N)C(=O)N1CCC[C@H]1C(=O)N[C@@H](CC(C)CC(O)CC(=O)CC)C(=O)N[C@@H](C)C(=O)NC(C)(C)C(=O)N[C@H](C(=O)N[C@H](C(=O)NC(C)(C)C(=O)NC(C)(C)C(=O)NC(C)CNCCO)C(C)C)C(C)C. The van der Waals surface area contributed by atoms with E-state index in [0.29, 0.717) is 38.9 Å². The predicted molar refractivity (Wildman–Crippen MR) is 293 cm³/mol. The maximum Gasteiger partial charge on any atom is 0.246 e. The number of hydrogen-bond donors (Lipinski definition) is 12. The van der Waals surface area contributed by atoms with E-state index < -0.39 is 124 Å². The third-order valence-corrected chi connectivity index (χ3v) is 13.7. The minimum absolute atomic E-state index is 0.00430. The van der Waals surface area contributed by atoms with E-state index >= 15 is 0 Å². The molecule has 0 aliphatic carbocycles. The molecule has 1 aliphatic rings. The molecule has 1 heterocycles. The number of nitrogens with one attached hydrogen (secondary N) is 9. The summed E-state index contributed by atoms with van der Waals surface area (Å²) in [5, 5.41) is 44.2. The normalized spacial score (nSPS) is 17.1. The third kappa shape index (κ3) is 23.7. The molecule has 0 aromatic heterocycles. The number of aliphatic hydroxyl groups is 2. The van der Waals surface area contributed by atoms with Crippen LogP contribution in [0.25, 0.3) is 0 Å². The smallest absolute Gasteiger partial charge is 0.246 e. The van der Waals surface area contributed by atoms with Crippen LogP contribution < -0.4 is 53.6 Å². The minimum Gasteiger partial charge on any atom is -0.395 e. The highest BCUT2D eigenvalue weighted by atomic mass is 16.3. The molecule has 442 valence electrons. The highest BCUT2D eigenvalue weighted by Crippen LogP contribution is 2.22. The summed E-state index contributed by atoms with van der Waals surface area (Å²) >= 11 is 0. The number of nitrogens with zero attached hydrogens (tertiary/aromatic N) is 1. The Morgan fingerprint density at radius 3 is 1.78 bits per heavy atom. The van der Waals surface area contributed by atoms with Gasteiger partial charge in [-0.05, 0) is 105 Å². The van der Waals surface area contributed by atoms with Crippen LogP contribution in [0.5, 0.6) is 0 Å². The van der Waals surface area contributed by atoms with Gasteiger partial charge in [0.15, 0.2) is 0 Å². The van der Waals surface area contributed by atoms with E-state index in [2.05, 4.69) is 54.8 Å². The van der Waals surface area contributed by atoms with E-state index in [9.17, 15) is 53.1 Å². The fraction of sp³-hybridized carbons (Fsp3) is 0.815. The zero-order chi connectivity index (χ0) is 59.2. The van der Waals surface area contributed by atoms with Crippen molar-refractivity contribution in [2.45, 2.75) is 239 Å². The first-order valence-corrected chi connectivity index (χ1v) is 27.7. The molecular weight excluding hydrogens is 995 g/mol. The van der Waals surface area contributed by atoms with Crippen LogP contribution in [-0.4, -0.2) is 165 Å². The molecule has 0 bridgehead atoms. The lowest BCUT2D eigenvalue weighted by Crippen LogP contribution is -2.66. The highest BCUT2D eigenvalue weighted by Gasteiger charge is 2.42. The van der Waals surface area contributed by atoms with Gasteiger partial charge >= 0.3 is 0 Å². The van der Waals surface area contributed by atoms with Crippen LogP contribution in [0.2, 0.25) is 0 Å². The number of unbranched alkanes of at least 4 members (excludes halogenated alkanes) is 3. The van der Waals surface area contributed by atoms with E-state index in [-0.39, 0.29) is 50.0 Å². The maximum atomic E-state index is 14.1. The Hall–Kier alpha value is -5.26. The highest BCUT2D eigenvalue weighted by molar-refractivity contribution is 6.00. The van der Waals surface area contributed by atoms with Crippen molar-refractivity contribution in [1.29, 1.82) is 0 Å². The Morgan fingerprint density at radius 1 is 0.649 bits per heavy atom. The number of hydrogen-bond acceptors (Lipinski definition) is 14. The molecule has 13 N–H and O–H groups in total. The first-order valence-electron chi connectivity index (χ1n) is 27.7. The number of aliphatic hydroxyl groups excluding tert-OH is 2. The molecule has 1 saturated heterocycles. The van der Waals surface area contributed by atoms with E-state index in [1.54, 1.807) is 48.5 Å². The Labute approximate surface area is 457 Å². The number of Topliss-reactive ketones (excluding diaryl/α,β-unsaturated/α-hetero) is 1. The van der Waals surface area contributed by atoms with Crippen molar-refractivity contribution in [3.05, 3.63) is 0 Å². The van der Waals surface area contributed by atoms with Crippen LogP contribution in [0.3, 0.4) is 0 Å². The molecule has 23 heteroatoms. The molecule has 1 fully saturated rings. The fourth-order valence-corrected chi connectivity index (χ4v) is 8.66.